The number of carbonyl (C=O) groups is 1. The summed E-state index contributed by atoms with van der Waals surface area (Å²) in [6, 6.07) is 5.19. The van der Waals surface area contributed by atoms with Crippen LogP contribution in [0.5, 0.6) is 0 Å². The quantitative estimate of drug-likeness (QED) is 0.900. The number of hydrogen-bond donors (Lipinski definition) is 1. The normalized spacial score (nSPS) is 10.5. The zero-order chi connectivity index (χ0) is 12.4. The maximum absolute atomic E-state index is 10.7. The molecule has 6 heteroatoms. The molecule has 0 atom stereocenters. The highest BCUT2D eigenvalue weighted by Crippen LogP contribution is 2.25. The largest absolute Gasteiger partial charge is 0.478 e. The van der Waals surface area contributed by atoms with E-state index in [-0.39, 0.29) is 5.56 Å². The molecule has 5 nitrogen and oxygen atoms in total. The molecule has 2 aromatic heterocycles. The van der Waals surface area contributed by atoms with E-state index in [1.54, 1.807) is 16.8 Å². The number of carboxylic acids is 1. The van der Waals surface area contributed by atoms with E-state index < -0.39 is 5.97 Å². The maximum atomic E-state index is 10.7. The Bertz CT molecular complexity index is 548. The van der Waals surface area contributed by atoms with E-state index in [0.717, 1.165) is 15.7 Å². The fourth-order valence-corrected chi connectivity index (χ4v) is 2.21. The molecule has 0 aliphatic carbocycles. The summed E-state index contributed by atoms with van der Waals surface area (Å²) in [6.07, 6.45) is 1.36. The highest BCUT2D eigenvalue weighted by molar-refractivity contribution is 7.99. The molecule has 0 aliphatic rings. The van der Waals surface area contributed by atoms with Gasteiger partial charge in [0, 0.05) is 13.2 Å². The number of nitrogens with zero attached hydrogens (tertiary/aromatic N) is 3. The van der Waals surface area contributed by atoms with Crippen molar-refractivity contribution in [3.63, 3.8) is 0 Å². The van der Waals surface area contributed by atoms with Crippen molar-refractivity contribution in [1.82, 2.24) is 14.8 Å². The minimum absolute atomic E-state index is 0.190. The van der Waals surface area contributed by atoms with Gasteiger partial charge in [0.15, 0.2) is 0 Å². The Morgan fingerprint density at radius 2 is 2.24 bits per heavy atom. The van der Waals surface area contributed by atoms with Crippen LogP contribution in [0.2, 0.25) is 0 Å². The monoisotopic (exact) mass is 249 g/mol. The summed E-state index contributed by atoms with van der Waals surface area (Å²) in [5.41, 5.74) is 1.13. The van der Waals surface area contributed by atoms with Crippen molar-refractivity contribution < 1.29 is 9.90 Å². The van der Waals surface area contributed by atoms with Gasteiger partial charge in [0.05, 0.1) is 11.3 Å². The summed E-state index contributed by atoms with van der Waals surface area (Å²) < 4.78 is 1.77. The van der Waals surface area contributed by atoms with Crippen molar-refractivity contribution in [3.05, 3.63) is 35.7 Å². The number of aromatic carboxylic acids is 1. The fraction of sp³-hybridized carbons (Fsp3) is 0.182. The summed E-state index contributed by atoms with van der Waals surface area (Å²) in [7, 11) is 1.86. The lowest BCUT2D eigenvalue weighted by Crippen LogP contribution is -1.97. The Morgan fingerprint density at radius 3 is 2.71 bits per heavy atom. The molecular weight excluding hydrogens is 238 g/mol. The first kappa shape index (κ1) is 11.7. The van der Waals surface area contributed by atoms with Crippen LogP contribution >= 0.6 is 11.8 Å². The molecule has 0 radical (unpaired) electrons. The molecule has 0 saturated carbocycles. The number of rotatable bonds is 3. The zero-order valence-electron chi connectivity index (χ0n) is 9.41. The SMILES string of the molecule is Cc1cc(Sc2ccc(C(=O)O)cn2)n(C)n1. The van der Waals surface area contributed by atoms with Gasteiger partial charge in [0.2, 0.25) is 0 Å². The second kappa shape index (κ2) is 4.58. The van der Waals surface area contributed by atoms with Crippen LogP contribution in [-0.2, 0) is 7.05 Å². The topological polar surface area (TPSA) is 68.0 Å². The summed E-state index contributed by atoms with van der Waals surface area (Å²) in [4.78, 5) is 14.8. The third-order valence-corrected chi connectivity index (χ3v) is 3.19. The molecule has 17 heavy (non-hydrogen) atoms. The smallest absolute Gasteiger partial charge is 0.337 e. The predicted molar refractivity (Wildman–Crippen MR) is 63.3 cm³/mol. The summed E-state index contributed by atoms with van der Waals surface area (Å²) in [5.74, 6) is -0.967. The standard InChI is InChI=1S/C11H11N3O2S/c1-7-5-10(14(2)13-7)17-9-4-3-8(6-12-9)11(15)16/h3-6H,1-2H3,(H,15,16). The highest BCUT2D eigenvalue weighted by Gasteiger charge is 2.07. The Balaban J connectivity index is 2.19. The van der Waals surface area contributed by atoms with Gasteiger partial charge >= 0.3 is 5.97 Å². The van der Waals surface area contributed by atoms with E-state index >= 15 is 0 Å². The Hall–Kier alpha value is -1.82. The minimum Gasteiger partial charge on any atom is -0.478 e. The molecule has 0 aromatic carbocycles. The summed E-state index contributed by atoms with van der Waals surface area (Å²) >= 11 is 1.45. The van der Waals surface area contributed by atoms with Crippen LogP contribution < -0.4 is 0 Å². The van der Waals surface area contributed by atoms with Crippen LogP contribution in [-0.4, -0.2) is 25.8 Å². The lowest BCUT2D eigenvalue weighted by molar-refractivity contribution is 0.0696. The van der Waals surface area contributed by atoms with Crippen molar-refractivity contribution >= 4 is 17.7 Å². The first-order valence-electron chi connectivity index (χ1n) is 4.94. The van der Waals surface area contributed by atoms with E-state index in [1.165, 1.54) is 18.0 Å². The number of aromatic nitrogens is 3. The van der Waals surface area contributed by atoms with Gasteiger partial charge < -0.3 is 5.11 Å². The van der Waals surface area contributed by atoms with Crippen molar-refractivity contribution in [2.75, 3.05) is 0 Å². The van der Waals surface area contributed by atoms with Gasteiger partial charge in [-0.3, -0.25) is 4.68 Å². The Morgan fingerprint density at radius 1 is 1.47 bits per heavy atom. The van der Waals surface area contributed by atoms with E-state index in [0.29, 0.717) is 0 Å². The molecule has 0 fully saturated rings. The van der Waals surface area contributed by atoms with Crippen LogP contribution in [0.3, 0.4) is 0 Å². The number of hydrogen-bond acceptors (Lipinski definition) is 4. The lowest BCUT2D eigenvalue weighted by atomic mass is 10.3. The van der Waals surface area contributed by atoms with Gasteiger partial charge in [0.25, 0.3) is 0 Å². The molecule has 0 amide bonds. The zero-order valence-corrected chi connectivity index (χ0v) is 10.2. The summed E-state index contributed by atoms with van der Waals surface area (Å²) in [5, 5.41) is 14.7. The lowest BCUT2D eigenvalue weighted by Gasteiger charge is -2.01. The van der Waals surface area contributed by atoms with E-state index in [1.807, 2.05) is 20.0 Å². The van der Waals surface area contributed by atoms with Gasteiger partial charge in [-0.2, -0.15) is 5.10 Å². The second-order valence-corrected chi connectivity index (χ2v) is 4.58. The molecule has 0 spiro atoms. The molecule has 0 bridgehead atoms. The molecule has 88 valence electrons. The second-order valence-electron chi connectivity index (χ2n) is 3.54. The number of pyridine rings is 1. The third-order valence-electron chi connectivity index (χ3n) is 2.15. The third kappa shape index (κ3) is 2.65. The van der Waals surface area contributed by atoms with Gasteiger partial charge in [-0.15, -0.1) is 0 Å². The molecule has 0 saturated heterocycles. The Labute approximate surface area is 102 Å². The van der Waals surface area contributed by atoms with Crippen LogP contribution in [0.25, 0.3) is 0 Å². The average Bonchev–Trinajstić information content (AvgIpc) is 2.58. The molecule has 0 unspecified atom stereocenters. The highest BCUT2D eigenvalue weighted by atomic mass is 32.2. The van der Waals surface area contributed by atoms with Crippen LogP contribution in [0.15, 0.2) is 34.4 Å². The van der Waals surface area contributed by atoms with Gasteiger partial charge in [-0.05, 0) is 25.1 Å². The molecule has 2 rings (SSSR count). The molecule has 2 aromatic rings. The van der Waals surface area contributed by atoms with E-state index in [9.17, 15) is 4.79 Å². The molecule has 1 N–H and O–H groups in total. The first-order valence-corrected chi connectivity index (χ1v) is 5.76. The van der Waals surface area contributed by atoms with E-state index in [4.69, 9.17) is 5.11 Å². The maximum Gasteiger partial charge on any atom is 0.337 e. The first-order chi connectivity index (χ1) is 8.06. The number of carboxylic acid groups (broad SMARTS) is 1. The predicted octanol–water partition coefficient (Wildman–Crippen LogP) is 1.97. The van der Waals surface area contributed by atoms with Crippen LogP contribution in [0.1, 0.15) is 16.1 Å². The van der Waals surface area contributed by atoms with E-state index in [2.05, 4.69) is 10.1 Å². The van der Waals surface area contributed by atoms with Gasteiger partial charge in [-0.25, -0.2) is 9.78 Å². The minimum atomic E-state index is -0.967. The number of aryl methyl sites for hydroxylation is 2. The molecule has 0 aliphatic heterocycles. The van der Waals surface area contributed by atoms with Crippen molar-refractivity contribution in [3.8, 4) is 0 Å². The molecular formula is C11H11N3O2S. The van der Waals surface area contributed by atoms with Crippen molar-refractivity contribution in [1.29, 1.82) is 0 Å². The van der Waals surface area contributed by atoms with Crippen LogP contribution in [0, 0.1) is 6.92 Å². The fourth-order valence-electron chi connectivity index (χ4n) is 1.36. The Kier molecular flexibility index (Phi) is 3.14. The van der Waals surface area contributed by atoms with Crippen molar-refractivity contribution in [2.24, 2.45) is 7.05 Å². The van der Waals surface area contributed by atoms with Gasteiger partial charge in [0.1, 0.15) is 10.1 Å². The average molecular weight is 249 g/mol. The van der Waals surface area contributed by atoms with Crippen molar-refractivity contribution in [2.45, 2.75) is 17.0 Å². The van der Waals surface area contributed by atoms with Crippen LogP contribution in [0.4, 0.5) is 0 Å². The molecule has 2 heterocycles. The van der Waals surface area contributed by atoms with Gasteiger partial charge in [-0.1, -0.05) is 11.8 Å². The summed E-state index contributed by atoms with van der Waals surface area (Å²) in [6.45, 7) is 1.92.